The maximum atomic E-state index is 12.0. The quantitative estimate of drug-likeness (QED) is 0.679. The van der Waals surface area contributed by atoms with Crippen molar-refractivity contribution < 1.29 is 4.79 Å². The molecule has 2 aliphatic rings. The molecule has 2 aliphatic heterocycles. The van der Waals surface area contributed by atoms with Crippen LogP contribution in [0.3, 0.4) is 0 Å². The minimum atomic E-state index is 0.300. The van der Waals surface area contributed by atoms with Crippen LogP contribution in [0, 0.1) is 11.8 Å². The number of amides is 1. The van der Waals surface area contributed by atoms with E-state index in [1.165, 1.54) is 0 Å². The summed E-state index contributed by atoms with van der Waals surface area (Å²) >= 11 is 7.70. The number of likely N-dealkylation sites (tertiary alicyclic amines) is 1. The van der Waals surface area contributed by atoms with E-state index >= 15 is 0 Å². The lowest BCUT2D eigenvalue weighted by atomic mass is 10.1. The van der Waals surface area contributed by atoms with Crippen molar-refractivity contribution in [2.75, 3.05) is 30.5 Å². The molecule has 0 spiro atoms. The highest BCUT2D eigenvalue weighted by Crippen LogP contribution is 2.27. The Morgan fingerprint density at radius 1 is 1.50 bits per heavy atom. The molecule has 2 nitrogen and oxygen atoms in total. The molecule has 80 valence electrons. The predicted octanol–water partition coefficient (Wildman–Crippen LogP) is 1.83. The number of hydrogen-bond acceptors (Lipinski definition) is 2. The van der Waals surface area contributed by atoms with Crippen molar-refractivity contribution in [2.24, 2.45) is 11.8 Å². The summed E-state index contributed by atoms with van der Waals surface area (Å²) in [5.74, 6) is 4.10. The normalized spacial score (nSPS) is 32.5. The minimum Gasteiger partial charge on any atom is -0.342 e. The Morgan fingerprint density at radius 3 is 2.93 bits per heavy atom. The Hall–Kier alpha value is 0.110. The molecule has 14 heavy (non-hydrogen) atoms. The zero-order valence-electron chi connectivity index (χ0n) is 8.25. The van der Waals surface area contributed by atoms with Crippen LogP contribution in [0.5, 0.6) is 0 Å². The summed E-state index contributed by atoms with van der Waals surface area (Å²) in [4.78, 5) is 14.0. The van der Waals surface area contributed by atoms with Crippen molar-refractivity contribution in [3.05, 3.63) is 0 Å². The van der Waals surface area contributed by atoms with Crippen molar-refractivity contribution >= 4 is 29.3 Å². The van der Waals surface area contributed by atoms with Crippen molar-refractivity contribution in [1.29, 1.82) is 0 Å². The zero-order valence-corrected chi connectivity index (χ0v) is 9.82. The smallest absolute Gasteiger partial charge is 0.226 e. The van der Waals surface area contributed by atoms with E-state index in [2.05, 4.69) is 0 Å². The monoisotopic (exact) mass is 233 g/mol. The van der Waals surface area contributed by atoms with Crippen LogP contribution in [0.15, 0.2) is 0 Å². The maximum absolute atomic E-state index is 12.0. The molecule has 0 N–H and O–H groups in total. The molecule has 2 atom stereocenters. The standard InChI is InChI=1S/C10H16ClNOS/c11-5-8-1-3-12(6-8)10(13)9-2-4-14-7-9/h8-9H,1-7H2. The van der Waals surface area contributed by atoms with Gasteiger partial charge >= 0.3 is 0 Å². The molecule has 4 heteroatoms. The van der Waals surface area contributed by atoms with Crippen molar-refractivity contribution in [3.63, 3.8) is 0 Å². The number of halogens is 1. The van der Waals surface area contributed by atoms with Crippen LogP contribution in [0.4, 0.5) is 0 Å². The van der Waals surface area contributed by atoms with Gasteiger partial charge in [-0.2, -0.15) is 11.8 Å². The summed E-state index contributed by atoms with van der Waals surface area (Å²) in [5, 5.41) is 0. The second-order valence-electron chi connectivity index (χ2n) is 4.15. The average Bonchev–Trinajstić information content (AvgIpc) is 2.88. The summed E-state index contributed by atoms with van der Waals surface area (Å²) < 4.78 is 0. The van der Waals surface area contributed by atoms with Gasteiger partial charge in [0.15, 0.2) is 0 Å². The number of carbonyl (C=O) groups excluding carboxylic acids is 1. The molecule has 0 radical (unpaired) electrons. The lowest BCUT2D eigenvalue weighted by Gasteiger charge is -2.19. The second kappa shape index (κ2) is 4.75. The molecule has 0 aromatic rings. The summed E-state index contributed by atoms with van der Waals surface area (Å²) in [6, 6.07) is 0. The van der Waals surface area contributed by atoms with Gasteiger partial charge in [-0.1, -0.05) is 0 Å². The topological polar surface area (TPSA) is 20.3 Å². The average molecular weight is 234 g/mol. The van der Waals surface area contributed by atoms with E-state index in [0.717, 1.165) is 37.4 Å². The van der Waals surface area contributed by atoms with Gasteiger partial charge in [0.2, 0.25) is 5.91 Å². The lowest BCUT2D eigenvalue weighted by molar-refractivity contribution is -0.133. The van der Waals surface area contributed by atoms with Crippen LogP contribution in [0.2, 0.25) is 0 Å². The van der Waals surface area contributed by atoms with Gasteiger partial charge in [-0.3, -0.25) is 4.79 Å². The zero-order chi connectivity index (χ0) is 9.97. The van der Waals surface area contributed by atoms with Gasteiger partial charge in [0.05, 0.1) is 0 Å². The van der Waals surface area contributed by atoms with Crippen LogP contribution in [-0.2, 0) is 4.79 Å². The van der Waals surface area contributed by atoms with E-state index in [1.54, 1.807) is 0 Å². The van der Waals surface area contributed by atoms with Crippen LogP contribution in [0.25, 0.3) is 0 Å². The number of alkyl halides is 1. The SMILES string of the molecule is O=C(C1CCSC1)N1CCC(CCl)C1. The molecule has 0 aliphatic carbocycles. The Labute approximate surface area is 94.4 Å². The van der Waals surface area contributed by atoms with Gasteiger partial charge in [0.25, 0.3) is 0 Å². The molecule has 2 unspecified atom stereocenters. The van der Waals surface area contributed by atoms with Crippen molar-refractivity contribution in [3.8, 4) is 0 Å². The molecule has 2 heterocycles. The van der Waals surface area contributed by atoms with Gasteiger partial charge in [0.1, 0.15) is 0 Å². The molecule has 0 bridgehead atoms. The van der Waals surface area contributed by atoms with Gasteiger partial charge in [-0.15, -0.1) is 11.6 Å². The molecule has 0 aromatic heterocycles. The highest BCUT2D eigenvalue weighted by molar-refractivity contribution is 7.99. The molecular formula is C10H16ClNOS. The first-order valence-corrected chi connectivity index (χ1v) is 6.92. The van der Waals surface area contributed by atoms with Crippen LogP contribution >= 0.6 is 23.4 Å². The van der Waals surface area contributed by atoms with E-state index in [9.17, 15) is 4.79 Å². The Morgan fingerprint density at radius 2 is 2.36 bits per heavy atom. The maximum Gasteiger partial charge on any atom is 0.226 e. The largest absolute Gasteiger partial charge is 0.342 e. The number of thioether (sulfide) groups is 1. The van der Waals surface area contributed by atoms with Gasteiger partial charge < -0.3 is 4.90 Å². The first kappa shape index (κ1) is 10.6. The number of hydrogen-bond donors (Lipinski definition) is 0. The van der Waals surface area contributed by atoms with Gasteiger partial charge in [-0.05, 0) is 24.5 Å². The fourth-order valence-corrected chi connectivity index (χ4v) is 3.61. The van der Waals surface area contributed by atoms with E-state index in [0.29, 0.717) is 23.6 Å². The third-order valence-corrected chi connectivity index (χ3v) is 4.69. The first-order valence-electron chi connectivity index (χ1n) is 5.23. The fraction of sp³-hybridized carbons (Fsp3) is 0.900. The third kappa shape index (κ3) is 2.19. The van der Waals surface area contributed by atoms with Gasteiger partial charge in [-0.25, -0.2) is 0 Å². The lowest BCUT2D eigenvalue weighted by Crippen LogP contribution is -2.34. The fourth-order valence-electron chi connectivity index (χ4n) is 2.15. The highest BCUT2D eigenvalue weighted by atomic mass is 35.5. The van der Waals surface area contributed by atoms with E-state index < -0.39 is 0 Å². The third-order valence-electron chi connectivity index (χ3n) is 3.09. The Balaban J connectivity index is 1.86. The minimum absolute atomic E-state index is 0.300. The Kier molecular flexibility index (Phi) is 3.61. The molecule has 2 saturated heterocycles. The van der Waals surface area contributed by atoms with E-state index in [4.69, 9.17) is 11.6 Å². The molecule has 0 aromatic carbocycles. The second-order valence-corrected chi connectivity index (χ2v) is 5.61. The molecule has 2 fully saturated rings. The number of carbonyl (C=O) groups is 1. The molecule has 2 rings (SSSR count). The number of rotatable bonds is 2. The summed E-state index contributed by atoms with van der Waals surface area (Å²) in [5.41, 5.74) is 0. The number of nitrogens with zero attached hydrogens (tertiary/aromatic N) is 1. The molecule has 1 amide bonds. The summed E-state index contributed by atoms with van der Waals surface area (Å²) in [7, 11) is 0. The van der Waals surface area contributed by atoms with E-state index in [-0.39, 0.29) is 0 Å². The molecule has 0 saturated carbocycles. The first-order chi connectivity index (χ1) is 6.81. The van der Waals surface area contributed by atoms with Crippen molar-refractivity contribution in [1.82, 2.24) is 4.90 Å². The van der Waals surface area contributed by atoms with Gasteiger partial charge in [0, 0.05) is 30.6 Å². The summed E-state index contributed by atoms with van der Waals surface area (Å²) in [6.45, 7) is 1.82. The van der Waals surface area contributed by atoms with Crippen LogP contribution < -0.4 is 0 Å². The summed E-state index contributed by atoms with van der Waals surface area (Å²) in [6.07, 6.45) is 2.17. The van der Waals surface area contributed by atoms with Crippen molar-refractivity contribution in [2.45, 2.75) is 12.8 Å². The highest BCUT2D eigenvalue weighted by Gasteiger charge is 2.31. The Bertz CT molecular complexity index is 218. The molecular weight excluding hydrogens is 218 g/mol. The predicted molar refractivity (Wildman–Crippen MR) is 60.8 cm³/mol. The van der Waals surface area contributed by atoms with E-state index in [1.807, 2.05) is 16.7 Å². The van der Waals surface area contributed by atoms with Crippen LogP contribution in [0.1, 0.15) is 12.8 Å². The van der Waals surface area contributed by atoms with Crippen LogP contribution in [-0.4, -0.2) is 41.3 Å².